The number of aromatic nitrogens is 6. The molecule has 0 saturated heterocycles. The van der Waals surface area contributed by atoms with Gasteiger partial charge in [-0.15, -0.1) is 0 Å². The fourth-order valence-electron chi connectivity index (χ4n) is 2.49. The zero-order valence-corrected chi connectivity index (χ0v) is 14.4. The van der Waals surface area contributed by atoms with Gasteiger partial charge in [-0.25, -0.2) is 4.79 Å². The molecule has 24 heavy (non-hydrogen) atoms. The Balaban J connectivity index is 2.07. The lowest BCUT2D eigenvalue weighted by molar-refractivity contribution is 0.367. The Labute approximate surface area is 141 Å². The van der Waals surface area contributed by atoms with E-state index < -0.39 is 11.2 Å². The van der Waals surface area contributed by atoms with Crippen LogP contribution in [0.1, 0.15) is 31.5 Å². The van der Waals surface area contributed by atoms with Gasteiger partial charge in [0, 0.05) is 20.5 Å². The lowest BCUT2D eigenvalue weighted by Crippen LogP contribution is -2.37. The molecule has 0 amide bonds. The summed E-state index contributed by atoms with van der Waals surface area (Å²) in [5.74, 6) is 0.950. The minimum atomic E-state index is -0.474. The molecule has 0 fully saturated rings. The van der Waals surface area contributed by atoms with Gasteiger partial charge >= 0.3 is 5.69 Å². The van der Waals surface area contributed by atoms with Crippen LogP contribution < -0.4 is 11.2 Å². The molecule has 128 valence electrons. The highest BCUT2D eigenvalue weighted by molar-refractivity contribution is 6.29. The summed E-state index contributed by atoms with van der Waals surface area (Å²) < 4.78 is 8.97. The van der Waals surface area contributed by atoms with Gasteiger partial charge in [0.05, 0.1) is 0 Å². The van der Waals surface area contributed by atoms with Crippen LogP contribution in [0.5, 0.6) is 0 Å². The fraction of sp³-hybridized carbons (Fsp3) is 0.500. The zero-order valence-electron chi connectivity index (χ0n) is 13.6. The van der Waals surface area contributed by atoms with E-state index in [4.69, 9.17) is 16.1 Å². The molecule has 10 heteroatoms. The minimum Gasteiger partial charge on any atom is -0.337 e. The second-order valence-corrected chi connectivity index (χ2v) is 5.89. The fourth-order valence-corrected chi connectivity index (χ4v) is 2.71. The first-order valence-corrected chi connectivity index (χ1v) is 7.95. The molecule has 3 aromatic heterocycles. The highest BCUT2D eigenvalue weighted by atomic mass is 35.5. The van der Waals surface area contributed by atoms with Crippen molar-refractivity contribution in [3.05, 3.63) is 37.8 Å². The van der Waals surface area contributed by atoms with Crippen LogP contribution in [0.3, 0.4) is 0 Å². The maximum Gasteiger partial charge on any atom is 0.332 e. The largest absolute Gasteiger partial charge is 0.337 e. The van der Waals surface area contributed by atoms with Crippen LogP contribution in [0.15, 0.2) is 14.1 Å². The van der Waals surface area contributed by atoms with Crippen molar-refractivity contribution in [1.82, 2.24) is 28.8 Å². The smallest absolute Gasteiger partial charge is 0.332 e. The number of hydrogen-bond donors (Lipinski definition) is 0. The first-order valence-electron chi connectivity index (χ1n) is 7.57. The number of rotatable bonds is 5. The summed E-state index contributed by atoms with van der Waals surface area (Å²) in [4.78, 5) is 32.8. The molecule has 0 bridgehead atoms. The van der Waals surface area contributed by atoms with Crippen LogP contribution >= 0.6 is 11.6 Å². The third kappa shape index (κ3) is 2.64. The van der Waals surface area contributed by atoms with Gasteiger partial charge in [-0.1, -0.05) is 18.5 Å². The standard InChI is InChI=1S/C14H17ClN6O3/c1-4-5-6-8-16-9(24-18-8)7-21-10-11(17-13(21)15)19(2)14(23)20(3)12(10)22/h4-7H2,1-3H3. The van der Waals surface area contributed by atoms with Crippen molar-refractivity contribution < 1.29 is 4.52 Å². The number of hydrogen-bond acceptors (Lipinski definition) is 6. The number of halogens is 1. The average Bonchev–Trinajstić information content (AvgIpc) is 3.14. The van der Waals surface area contributed by atoms with Crippen LogP contribution in [0.4, 0.5) is 0 Å². The average molecular weight is 353 g/mol. The molecule has 0 aliphatic heterocycles. The van der Waals surface area contributed by atoms with Crippen molar-refractivity contribution in [2.24, 2.45) is 14.1 Å². The van der Waals surface area contributed by atoms with Crippen molar-refractivity contribution >= 4 is 22.8 Å². The van der Waals surface area contributed by atoms with Crippen LogP contribution in [0, 0.1) is 0 Å². The van der Waals surface area contributed by atoms with Gasteiger partial charge in [0.15, 0.2) is 17.0 Å². The minimum absolute atomic E-state index is 0.0802. The van der Waals surface area contributed by atoms with Crippen molar-refractivity contribution in [2.45, 2.75) is 32.7 Å². The van der Waals surface area contributed by atoms with Gasteiger partial charge < -0.3 is 4.52 Å². The number of nitrogens with zero attached hydrogens (tertiary/aromatic N) is 6. The highest BCUT2D eigenvalue weighted by Crippen LogP contribution is 2.17. The predicted octanol–water partition coefficient (Wildman–Crippen LogP) is 0.861. The molecule has 0 aromatic carbocycles. The molecule has 0 radical (unpaired) electrons. The summed E-state index contributed by atoms with van der Waals surface area (Å²) in [6.07, 6.45) is 2.73. The van der Waals surface area contributed by atoms with Crippen LogP contribution in [-0.4, -0.2) is 28.8 Å². The Morgan fingerprint density at radius 1 is 1.17 bits per heavy atom. The van der Waals surface area contributed by atoms with Gasteiger partial charge in [-0.3, -0.25) is 18.5 Å². The molecule has 9 nitrogen and oxygen atoms in total. The number of unbranched alkanes of at least 4 members (excludes halogenated alkanes) is 1. The van der Waals surface area contributed by atoms with Gasteiger partial charge in [-0.2, -0.15) is 9.97 Å². The monoisotopic (exact) mass is 352 g/mol. The second kappa shape index (κ2) is 6.23. The first-order chi connectivity index (χ1) is 11.4. The van der Waals surface area contributed by atoms with E-state index in [1.54, 1.807) is 0 Å². The van der Waals surface area contributed by atoms with E-state index in [0.717, 1.165) is 23.8 Å². The Bertz CT molecular complexity index is 1010. The highest BCUT2D eigenvalue weighted by Gasteiger charge is 2.19. The van der Waals surface area contributed by atoms with E-state index in [1.165, 1.54) is 23.2 Å². The summed E-state index contributed by atoms with van der Waals surface area (Å²) in [5.41, 5.74) is -0.497. The van der Waals surface area contributed by atoms with Crippen LogP contribution in [0.25, 0.3) is 11.2 Å². The molecular formula is C14H17ClN6O3. The first kappa shape index (κ1) is 16.4. The molecule has 0 N–H and O–H groups in total. The van der Waals surface area contributed by atoms with Crippen molar-refractivity contribution in [3.63, 3.8) is 0 Å². The Kier molecular flexibility index (Phi) is 4.27. The van der Waals surface area contributed by atoms with E-state index in [1.807, 2.05) is 0 Å². The van der Waals surface area contributed by atoms with E-state index in [9.17, 15) is 9.59 Å². The van der Waals surface area contributed by atoms with E-state index in [0.29, 0.717) is 11.7 Å². The quantitative estimate of drug-likeness (QED) is 0.631. The molecule has 0 aliphatic carbocycles. The molecule has 0 aliphatic rings. The van der Waals surface area contributed by atoms with E-state index in [2.05, 4.69) is 22.0 Å². The maximum absolute atomic E-state index is 12.4. The molecule has 0 unspecified atom stereocenters. The zero-order chi connectivity index (χ0) is 17.4. The number of imidazole rings is 1. The van der Waals surface area contributed by atoms with E-state index in [-0.39, 0.29) is 23.0 Å². The van der Waals surface area contributed by atoms with Crippen molar-refractivity contribution in [2.75, 3.05) is 0 Å². The second-order valence-electron chi connectivity index (χ2n) is 5.55. The summed E-state index contributed by atoms with van der Waals surface area (Å²) in [7, 11) is 2.94. The van der Waals surface area contributed by atoms with Gasteiger partial charge in [0.2, 0.25) is 11.2 Å². The van der Waals surface area contributed by atoms with Gasteiger partial charge in [0.25, 0.3) is 5.56 Å². The lowest BCUT2D eigenvalue weighted by atomic mass is 10.2. The topological polar surface area (TPSA) is 101 Å². The summed E-state index contributed by atoms with van der Waals surface area (Å²) in [5, 5.41) is 3.99. The van der Waals surface area contributed by atoms with Gasteiger partial charge in [0.1, 0.15) is 6.54 Å². The maximum atomic E-state index is 12.4. The Morgan fingerprint density at radius 2 is 1.92 bits per heavy atom. The summed E-state index contributed by atoms with van der Waals surface area (Å²) in [6.45, 7) is 2.19. The molecule has 3 rings (SSSR count). The SMILES string of the molecule is CCCCc1noc(Cn2c(Cl)nc3c2c(=O)n(C)c(=O)n3C)n1. The summed E-state index contributed by atoms with van der Waals surface area (Å²) in [6, 6.07) is 0. The third-order valence-electron chi connectivity index (χ3n) is 3.86. The molecule has 0 spiro atoms. The Morgan fingerprint density at radius 3 is 2.62 bits per heavy atom. The summed E-state index contributed by atoms with van der Waals surface area (Å²) >= 11 is 6.16. The molecular weight excluding hydrogens is 336 g/mol. The number of aryl methyl sites for hydroxylation is 2. The Hall–Kier alpha value is -2.42. The van der Waals surface area contributed by atoms with Crippen LogP contribution in [-0.2, 0) is 27.1 Å². The van der Waals surface area contributed by atoms with Crippen LogP contribution in [0.2, 0.25) is 5.28 Å². The van der Waals surface area contributed by atoms with Crippen molar-refractivity contribution in [3.8, 4) is 0 Å². The third-order valence-corrected chi connectivity index (χ3v) is 4.15. The normalized spacial score (nSPS) is 11.5. The predicted molar refractivity (Wildman–Crippen MR) is 87.2 cm³/mol. The van der Waals surface area contributed by atoms with Crippen molar-refractivity contribution in [1.29, 1.82) is 0 Å². The molecule has 0 saturated carbocycles. The lowest BCUT2D eigenvalue weighted by Gasteiger charge is -2.05. The van der Waals surface area contributed by atoms with Gasteiger partial charge in [-0.05, 0) is 18.0 Å². The molecule has 3 aromatic rings. The van der Waals surface area contributed by atoms with E-state index >= 15 is 0 Å². The number of fused-ring (bicyclic) bond motifs is 1. The molecule has 0 atom stereocenters. The molecule has 3 heterocycles.